The lowest BCUT2D eigenvalue weighted by atomic mass is 10.2. The Morgan fingerprint density at radius 3 is 2.81 bits per heavy atom. The van der Waals surface area contributed by atoms with Crippen LogP contribution in [0.4, 0.5) is 15.2 Å². The molecule has 0 aliphatic rings. The van der Waals surface area contributed by atoms with Gasteiger partial charge in [0.1, 0.15) is 5.82 Å². The number of nitrogens with one attached hydrogen (secondary N) is 1. The SMILES string of the molecule is O=C(Nc1nnc(SCc2ccccc2F)s1)c1cccc([N+](=O)[O-])c1. The molecule has 3 rings (SSSR count). The molecule has 1 aromatic heterocycles. The normalized spacial score (nSPS) is 10.5. The fraction of sp³-hybridized carbons (Fsp3) is 0.0625. The zero-order valence-electron chi connectivity index (χ0n) is 13.1. The Morgan fingerprint density at radius 1 is 1.23 bits per heavy atom. The van der Waals surface area contributed by atoms with Crippen LogP contribution in [0.1, 0.15) is 15.9 Å². The van der Waals surface area contributed by atoms with Crippen molar-refractivity contribution in [3.8, 4) is 0 Å². The zero-order chi connectivity index (χ0) is 18.5. The Hall–Kier alpha value is -2.85. The van der Waals surface area contributed by atoms with Crippen LogP contribution in [0.15, 0.2) is 52.9 Å². The molecule has 1 heterocycles. The molecule has 0 fully saturated rings. The first kappa shape index (κ1) is 18.0. The number of amides is 1. The molecule has 0 bridgehead atoms. The molecule has 0 aliphatic heterocycles. The number of nitrogens with zero attached hydrogens (tertiary/aromatic N) is 3. The van der Waals surface area contributed by atoms with Crippen LogP contribution in [0, 0.1) is 15.9 Å². The van der Waals surface area contributed by atoms with Gasteiger partial charge in [-0.3, -0.25) is 20.2 Å². The Morgan fingerprint density at radius 2 is 2.04 bits per heavy atom. The predicted octanol–water partition coefficient (Wildman–Crippen LogP) is 4.13. The van der Waals surface area contributed by atoms with Crippen LogP contribution in [-0.4, -0.2) is 21.0 Å². The van der Waals surface area contributed by atoms with Gasteiger partial charge in [-0.05, 0) is 17.7 Å². The first-order valence-corrected chi connectivity index (χ1v) is 9.08. The minimum absolute atomic E-state index is 0.148. The number of nitro benzene ring substituents is 1. The van der Waals surface area contributed by atoms with E-state index in [2.05, 4.69) is 15.5 Å². The molecule has 1 N–H and O–H groups in total. The lowest BCUT2D eigenvalue weighted by molar-refractivity contribution is -0.384. The molecule has 132 valence electrons. The number of rotatable bonds is 6. The average molecular weight is 390 g/mol. The van der Waals surface area contributed by atoms with Crippen molar-refractivity contribution in [1.29, 1.82) is 0 Å². The third kappa shape index (κ3) is 4.41. The van der Waals surface area contributed by atoms with Crippen LogP contribution in [0.5, 0.6) is 0 Å². The number of halogens is 1. The molecule has 0 saturated heterocycles. The highest BCUT2D eigenvalue weighted by Gasteiger charge is 2.14. The van der Waals surface area contributed by atoms with E-state index in [1.54, 1.807) is 18.2 Å². The monoisotopic (exact) mass is 390 g/mol. The van der Waals surface area contributed by atoms with E-state index in [4.69, 9.17) is 0 Å². The number of hydrogen-bond acceptors (Lipinski definition) is 7. The first-order valence-electron chi connectivity index (χ1n) is 7.28. The van der Waals surface area contributed by atoms with Gasteiger partial charge >= 0.3 is 0 Å². The number of non-ortho nitro benzene ring substituents is 1. The van der Waals surface area contributed by atoms with Gasteiger partial charge in [0.2, 0.25) is 5.13 Å². The second-order valence-electron chi connectivity index (χ2n) is 5.01. The molecular weight excluding hydrogens is 379 g/mol. The Balaban J connectivity index is 1.63. The molecule has 26 heavy (non-hydrogen) atoms. The van der Waals surface area contributed by atoms with Crippen molar-refractivity contribution < 1.29 is 14.1 Å². The smallest absolute Gasteiger partial charge is 0.270 e. The summed E-state index contributed by atoms with van der Waals surface area (Å²) in [5.41, 5.74) is 0.529. The number of thioether (sulfide) groups is 1. The molecule has 7 nitrogen and oxygen atoms in total. The van der Waals surface area contributed by atoms with E-state index < -0.39 is 10.8 Å². The second-order valence-corrected chi connectivity index (χ2v) is 7.21. The lowest BCUT2D eigenvalue weighted by Gasteiger charge is -2.01. The van der Waals surface area contributed by atoms with Crippen LogP contribution in [0.3, 0.4) is 0 Å². The van der Waals surface area contributed by atoms with Gasteiger partial charge in [0.05, 0.1) is 4.92 Å². The van der Waals surface area contributed by atoms with Crippen LogP contribution < -0.4 is 5.32 Å². The quantitative estimate of drug-likeness (QED) is 0.294. The van der Waals surface area contributed by atoms with Gasteiger partial charge in [-0.2, -0.15) is 0 Å². The van der Waals surface area contributed by atoms with Crippen molar-refractivity contribution in [2.24, 2.45) is 0 Å². The van der Waals surface area contributed by atoms with Crippen molar-refractivity contribution in [2.75, 3.05) is 5.32 Å². The number of carbonyl (C=O) groups is 1. The Kier molecular flexibility index (Phi) is 5.54. The number of anilines is 1. The van der Waals surface area contributed by atoms with E-state index in [9.17, 15) is 19.3 Å². The van der Waals surface area contributed by atoms with E-state index in [1.165, 1.54) is 42.1 Å². The van der Waals surface area contributed by atoms with E-state index in [-0.39, 0.29) is 22.2 Å². The highest BCUT2D eigenvalue weighted by atomic mass is 32.2. The molecule has 3 aromatic rings. The van der Waals surface area contributed by atoms with Gasteiger partial charge in [0.25, 0.3) is 11.6 Å². The van der Waals surface area contributed by atoms with Crippen molar-refractivity contribution in [2.45, 2.75) is 10.1 Å². The standard InChI is InChI=1S/C16H11FN4O3S2/c17-13-7-2-1-4-11(13)9-25-16-20-19-15(26-16)18-14(22)10-5-3-6-12(8-10)21(23)24/h1-8H,9H2,(H,18,19,22). The van der Waals surface area contributed by atoms with E-state index >= 15 is 0 Å². The summed E-state index contributed by atoms with van der Waals surface area (Å²) in [6.45, 7) is 0. The van der Waals surface area contributed by atoms with Gasteiger partial charge in [-0.15, -0.1) is 10.2 Å². The fourth-order valence-corrected chi connectivity index (χ4v) is 3.74. The van der Waals surface area contributed by atoms with Crippen LogP contribution in [0.2, 0.25) is 0 Å². The van der Waals surface area contributed by atoms with E-state index in [0.717, 1.165) is 11.3 Å². The summed E-state index contributed by atoms with van der Waals surface area (Å²) in [6, 6.07) is 11.8. The second kappa shape index (κ2) is 8.02. The molecule has 0 unspecified atom stereocenters. The average Bonchev–Trinajstić information content (AvgIpc) is 3.08. The maximum atomic E-state index is 13.6. The molecule has 0 atom stereocenters. The lowest BCUT2D eigenvalue weighted by Crippen LogP contribution is -2.11. The van der Waals surface area contributed by atoms with Crippen LogP contribution >= 0.6 is 23.1 Å². The first-order chi connectivity index (χ1) is 12.5. The summed E-state index contributed by atoms with van der Waals surface area (Å²) in [5, 5.41) is 21.4. The molecule has 1 amide bonds. The molecule has 0 radical (unpaired) electrons. The fourth-order valence-electron chi connectivity index (χ4n) is 2.00. The summed E-state index contributed by atoms with van der Waals surface area (Å²) in [4.78, 5) is 22.4. The highest BCUT2D eigenvalue weighted by molar-refractivity contribution is 8.00. The van der Waals surface area contributed by atoms with E-state index in [0.29, 0.717) is 15.7 Å². The van der Waals surface area contributed by atoms with Gasteiger partial charge in [0.15, 0.2) is 4.34 Å². The molecule has 0 saturated carbocycles. The summed E-state index contributed by atoms with van der Waals surface area (Å²) in [7, 11) is 0. The van der Waals surface area contributed by atoms with Crippen molar-refractivity contribution in [3.63, 3.8) is 0 Å². The van der Waals surface area contributed by atoms with Crippen molar-refractivity contribution in [3.05, 3.63) is 75.6 Å². The van der Waals surface area contributed by atoms with Gasteiger partial charge in [-0.1, -0.05) is 47.4 Å². The molecular formula is C16H11FN4O3S2. The van der Waals surface area contributed by atoms with Crippen molar-refractivity contribution >= 4 is 39.8 Å². The third-order valence-electron chi connectivity index (χ3n) is 3.26. The predicted molar refractivity (Wildman–Crippen MR) is 96.9 cm³/mol. The van der Waals surface area contributed by atoms with Gasteiger partial charge in [-0.25, -0.2) is 4.39 Å². The zero-order valence-corrected chi connectivity index (χ0v) is 14.7. The number of hydrogen-bond donors (Lipinski definition) is 1. The minimum atomic E-state index is -0.570. The number of nitro groups is 1. The number of benzene rings is 2. The van der Waals surface area contributed by atoms with Gasteiger partial charge in [0, 0.05) is 23.4 Å². The Labute approximate surface area is 155 Å². The minimum Gasteiger partial charge on any atom is -0.296 e. The van der Waals surface area contributed by atoms with E-state index in [1.807, 2.05) is 0 Å². The molecule has 0 spiro atoms. The van der Waals surface area contributed by atoms with Gasteiger partial charge < -0.3 is 0 Å². The van der Waals surface area contributed by atoms with Crippen LogP contribution in [-0.2, 0) is 5.75 Å². The highest BCUT2D eigenvalue weighted by Crippen LogP contribution is 2.29. The largest absolute Gasteiger partial charge is 0.296 e. The topological polar surface area (TPSA) is 98.0 Å². The summed E-state index contributed by atoms with van der Waals surface area (Å²) in [6.07, 6.45) is 0. The summed E-state index contributed by atoms with van der Waals surface area (Å²) in [5.74, 6) is -0.417. The Bertz CT molecular complexity index is 964. The van der Waals surface area contributed by atoms with Crippen molar-refractivity contribution in [1.82, 2.24) is 10.2 Å². The third-order valence-corrected chi connectivity index (χ3v) is 5.28. The maximum Gasteiger partial charge on any atom is 0.270 e. The number of aromatic nitrogens is 2. The summed E-state index contributed by atoms with van der Waals surface area (Å²) < 4.78 is 14.2. The molecule has 0 aliphatic carbocycles. The summed E-state index contributed by atoms with van der Waals surface area (Å²) >= 11 is 2.45. The number of carbonyl (C=O) groups excluding carboxylic acids is 1. The molecule has 10 heteroatoms. The maximum absolute atomic E-state index is 13.6. The molecule has 2 aromatic carbocycles. The van der Waals surface area contributed by atoms with Crippen LogP contribution in [0.25, 0.3) is 0 Å².